The number of aromatic amines is 1. The van der Waals surface area contributed by atoms with Crippen molar-refractivity contribution < 1.29 is 17.6 Å². The summed E-state index contributed by atoms with van der Waals surface area (Å²) in [5, 5.41) is 9.48. The van der Waals surface area contributed by atoms with Crippen LogP contribution in [0.4, 0.5) is 0 Å². The second kappa shape index (κ2) is 8.43. The maximum absolute atomic E-state index is 12.9. The largest absolute Gasteiger partial charge is 0.411 e. The molecule has 30 heavy (non-hydrogen) atoms. The molecule has 10 heteroatoms. The van der Waals surface area contributed by atoms with Crippen LogP contribution < -0.4 is 0 Å². The first-order valence-corrected chi connectivity index (χ1v) is 12.7. The second-order valence-electron chi connectivity index (χ2n) is 7.52. The van der Waals surface area contributed by atoms with E-state index < -0.39 is 9.84 Å². The molecule has 1 N–H and O–H groups in total. The number of benzene rings is 1. The lowest BCUT2D eigenvalue weighted by Crippen LogP contribution is -2.47. The predicted octanol–water partition coefficient (Wildman–Crippen LogP) is 3.12. The molecular weight excluding hydrogens is 424 g/mol. The van der Waals surface area contributed by atoms with Gasteiger partial charge in [-0.15, -0.1) is 10.2 Å². The average molecular weight is 449 g/mol. The van der Waals surface area contributed by atoms with E-state index in [4.69, 9.17) is 4.42 Å². The van der Waals surface area contributed by atoms with Gasteiger partial charge in [0.15, 0.2) is 9.84 Å². The molecule has 8 nitrogen and oxygen atoms in total. The summed E-state index contributed by atoms with van der Waals surface area (Å²) in [6, 6.07) is 7.54. The van der Waals surface area contributed by atoms with Gasteiger partial charge in [-0.3, -0.25) is 4.79 Å². The van der Waals surface area contributed by atoms with Gasteiger partial charge in [0, 0.05) is 29.2 Å². The number of aromatic nitrogens is 3. The van der Waals surface area contributed by atoms with Crippen LogP contribution in [0.1, 0.15) is 26.7 Å². The van der Waals surface area contributed by atoms with Gasteiger partial charge in [0.05, 0.1) is 22.8 Å². The van der Waals surface area contributed by atoms with Crippen LogP contribution in [-0.2, 0) is 14.6 Å². The van der Waals surface area contributed by atoms with Crippen molar-refractivity contribution in [2.45, 2.75) is 44.0 Å². The van der Waals surface area contributed by atoms with E-state index in [2.05, 4.69) is 15.2 Å². The highest BCUT2D eigenvalue weighted by Gasteiger charge is 2.36. The number of H-pyrrole nitrogens is 1. The number of hydrogen-bond donors (Lipinski definition) is 1. The van der Waals surface area contributed by atoms with E-state index in [0.717, 1.165) is 22.9 Å². The number of nitrogens with zero attached hydrogens (tertiary/aromatic N) is 3. The number of fused-ring (bicyclic) bond motifs is 1. The van der Waals surface area contributed by atoms with Crippen LogP contribution in [0.25, 0.3) is 22.4 Å². The predicted molar refractivity (Wildman–Crippen MR) is 116 cm³/mol. The summed E-state index contributed by atoms with van der Waals surface area (Å²) >= 11 is 1.18. The Morgan fingerprint density at radius 1 is 1.37 bits per heavy atom. The van der Waals surface area contributed by atoms with E-state index in [0.29, 0.717) is 17.5 Å². The van der Waals surface area contributed by atoms with Gasteiger partial charge < -0.3 is 14.3 Å². The van der Waals surface area contributed by atoms with E-state index in [1.165, 1.54) is 11.8 Å². The zero-order valence-corrected chi connectivity index (χ0v) is 18.5. The van der Waals surface area contributed by atoms with Crippen LogP contribution in [0.2, 0.25) is 0 Å². The third-order valence-electron chi connectivity index (χ3n) is 5.50. The van der Waals surface area contributed by atoms with E-state index >= 15 is 0 Å². The number of rotatable bonds is 7. The van der Waals surface area contributed by atoms with Gasteiger partial charge >= 0.3 is 0 Å². The Bertz CT molecular complexity index is 1150. The fraction of sp³-hybridized carbons (Fsp3) is 0.450. The van der Waals surface area contributed by atoms with Gasteiger partial charge in [-0.05, 0) is 25.8 Å². The van der Waals surface area contributed by atoms with Crippen molar-refractivity contribution in [3.8, 4) is 11.5 Å². The van der Waals surface area contributed by atoms with Gasteiger partial charge in [-0.25, -0.2) is 8.42 Å². The lowest BCUT2D eigenvalue weighted by Gasteiger charge is -2.33. The summed E-state index contributed by atoms with van der Waals surface area (Å²) in [5.74, 6) is 0.587. The molecule has 1 saturated heterocycles. The summed E-state index contributed by atoms with van der Waals surface area (Å²) in [7, 11) is -3.07. The minimum atomic E-state index is -3.07. The van der Waals surface area contributed by atoms with Crippen LogP contribution in [0.3, 0.4) is 0 Å². The van der Waals surface area contributed by atoms with Gasteiger partial charge in [-0.1, -0.05) is 36.9 Å². The number of nitrogens with one attached hydrogen (secondary N) is 1. The molecule has 0 aliphatic carbocycles. The van der Waals surface area contributed by atoms with Crippen LogP contribution in [0.5, 0.6) is 0 Å². The molecule has 1 amide bonds. The van der Waals surface area contributed by atoms with E-state index in [-0.39, 0.29) is 35.2 Å². The third kappa shape index (κ3) is 4.24. The number of carbonyl (C=O) groups is 1. The summed E-state index contributed by atoms with van der Waals surface area (Å²) < 4.78 is 29.5. The van der Waals surface area contributed by atoms with E-state index in [1.807, 2.05) is 44.3 Å². The van der Waals surface area contributed by atoms with Crippen molar-refractivity contribution in [2.24, 2.45) is 0 Å². The van der Waals surface area contributed by atoms with Gasteiger partial charge in [-0.2, -0.15) is 0 Å². The highest BCUT2D eigenvalue weighted by Crippen LogP contribution is 2.30. The molecule has 4 rings (SSSR count). The molecule has 0 saturated carbocycles. The Labute approximate surface area is 179 Å². The SMILES string of the molecule is CC[C@@H](C)N(C(=O)CSc1nnc(-c2c[nH]c3ccccc23)o1)[C@H]1CCS(=O)(=O)C1. The first-order valence-electron chi connectivity index (χ1n) is 9.92. The monoisotopic (exact) mass is 448 g/mol. The number of para-hydroxylation sites is 1. The zero-order chi connectivity index (χ0) is 21.3. The molecule has 1 aliphatic rings. The summed E-state index contributed by atoms with van der Waals surface area (Å²) in [5.41, 5.74) is 1.79. The molecule has 1 aliphatic heterocycles. The zero-order valence-electron chi connectivity index (χ0n) is 16.9. The van der Waals surface area contributed by atoms with Crippen molar-refractivity contribution in [1.82, 2.24) is 20.1 Å². The van der Waals surface area contributed by atoms with Gasteiger partial charge in [0.1, 0.15) is 0 Å². The van der Waals surface area contributed by atoms with E-state index in [1.54, 1.807) is 4.90 Å². The smallest absolute Gasteiger partial charge is 0.277 e. The first kappa shape index (κ1) is 20.9. The van der Waals surface area contributed by atoms with Crippen molar-refractivity contribution >= 4 is 38.4 Å². The summed E-state index contributed by atoms with van der Waals surface area (Å²) in [6.45, 7) is 3.95. The number of hydrogen-bond acceptors (Lipinski definition) is 7. The minimum absolute atomic E-state index is 0.0270. The Hall–Kier alpha value is -2.33. The Morgan fingerprint density at radius 3 is 2.90 bits per heavy atom. The fourth-order valence-corrected chi connectivity index (χ4v) is 6.17. The molecule has 0 radical (unpaired) electrons. The molecule has 1 aromatic carbocycles. The molecule has 2 aromatic heterocycles. The molecule has 2 atom stereocenters. The summed E-state index contributed by atoms with van der Waals surface area (Å²) in [4.78, 5) is 17.8. The van der Waals surface area contributed by atoms with Crippen molar-refractivity contribution in [2.75, 3.05) is 17.3 Å². The molecule has 3 heterocycles. The molecule has 0 spiro atoms. The summed E-state index contributed by atoms with van der Waals surface area (Å²) in [6.07, 6.45) is 3.08. The standard InChI is InChI=1S/C20H24N4O4S2/c1-3-13(2)24(14-8-9-30(26,27)12-14)18(25)11-29-20-23-22-19(28-20)16-10-21-17-7-5-4-6-15(16)17/h4-7,10,13-14,21H,3,8-9,11-12H2,1-2H3/t13-,14+/m1/s1. The molecule has 160 valence electrons. The quantitative estimate of drug-likeness (QED) is 0.553. The number of thioether (sulfide) groups is 1. The number of amides is 1. The fourth-order valence-electron chi connectivity index (χ4n) is 3.82. The van der Waals surface area contributed by atoms with Crippen LogP contribution >= 0.6 is 11.8 Å². The van der Waals surface area contributed by atoms with Gasteiger partial charge in [0.25, 0.3) is 11.1 Å². The van der Waals surface area contributed by atoms with Gasteiger partial charge in [0.2, 0.25) is 5.91 Å². The highest BCUT2D eigenvalue weighted by molar-refractivity contribution is 7.99. The second-order valence-corrected chi connectivity index (χ2v) is 10.7. The normalized spacial score (nSPS) is 19.2. The Morgan fingerprint density at radius 2 is 2.17 bits per heavy atom. The number of carbonyl (C=O) groups excluding carboxylic acids is 1. The lowest BCUT2D eigenvalue weighted by atomic mass is 10.1. The third-order valence-corrected chi connectivity index (χ3v) is 8.05. The Kier molecular flexibility index (Phi) is 5.88. The van der Waals surface area contributed by atoms with Crippen LogP contribution in [0.15, 0.2) is 40.1 Å². The lowest BCUT2D eigenvalue weighted by molar-refractivity contribution is -0.132. The Balaban J connectivity index is 1.45. The first-order chi connectivity index (χ1) is 14.4. The van der Waals surface area contributed by atoms with Crippen molar-refractivity contribution in [3.63, 3.8) is 0 Å². The molecule has 1 fully saturated rings. The van der Waals surface area contributed by atoms with Crippen LogP contribution in [0, 0.1) is 0 Å². The average Bonchev–Trinajstić information content (AvgIpc) is 3.44. The molecule has 0 bridgehead atoms. The topological polar surface area (TPSA) is 109 Å². The molecular formula is C20H24N4O4S2. The van der Waals surface area contributed by atoms with Crippen molar-refractivity contribution in [3.05, 3.63) is 30.5 Å². The maximum atomic E-state index is 12.9. The minimum Gasteiger partial charge on any atom is -0.411 e. The maximum Gasteiger partial charge on any atom is 0.277 e. The molecule has 0 unspecified atom stereocenters. The van der Waals surface area contributed by atoms with E-state index in [9.17, 15) is 13.2 Å². The highest BCUT2D eigenvalue weighted by atomic mass is 32.2. The van der Waals surface area contributed by atoms with Crippen molar-refractivity contribution in [1.29, 1.82) is 0 Å². The van der Waals surface area contributed by atoms with Crippen LogP contribution in [-0.4, -0.2) is 63.7 Å². The molecule has 3 aromatic rings. The number of sulfone groups is 1.